The van der Waals surface area contributed by atoms with Gasteiger partial charge in [0.25, 0.3) is 0 Å². The molecule has 0 radical (unpaired) electrons. The Bertz CT molecular complexity index is 491. The molecule has 0 aromatic heterocycles. The summed E-state index contributed by atoms with van der Waals surface area (Å²) in [5, 5.41) is 10.0. The molecule has 4 heteroatoms. The molecule has 0 saturated carbocycles. The Balaban J connectivity index is 2.11. The molecular weight excluding hydrogens is 264 g/mol. The van der Waals surface area contributed by atoms with Gasteiger partial charge in [-0.15, -0.1) is 0 Å². The number of aliphatic hydroxyl groups is 1. The van der Waals surface area contributed by atoms with E-state index in [1.54, 1.807) is 13.8 Å². The SMILES string of the molecule is CCN(CC(C)(C)O)C1CCN(c2ccc(C)cc2)C1=O. The van der Waals surface area contributed by atoms with Crippen LogP contribution in [0, 0.1) is 6.92 Å². The van der Waals surface area contributed by atoms with Gasteiger partial charge >= 0.3 is 0 Å². The van der Waals surface area contributed by atoms with Gasteiger partial charge in [0.05, 0.1) is 11.6 Å². The largest absolute Gasteiger partial charge is 0.389 e. The van der Waals surface area contributed by atoms with Gasteiger partial charge in [0.2, 0.25) is 5.91 Å². The number of amides is 1. The predicted octanol–water partition coefficient (Wildman–Crippen LogP) is 2.19. The van der Waals surface area contributed by atoms with Crippen molar-refractivity contribution in [1.82, 2.24) is 4.90 Å². The molecule has 1 atom stereocenters. The maximum Gasteiger partial charge on any atom is 0.244 e. The fraction of sp³-hybridized carbons (Fsp3) is 0.588. The molecule has 1 aromatic carbocycles. The van der Waals surface area contributed by atoms with Gasteiger partial charge in [-0.1, -0.05) is 24.6 Å². The minimum absolute atomic E-state index is 0.122. The summed E-state index contributed by atoms with van der Waals surface area (Å²) in [4.78, 5) is 16.6. The van der Waals surface area contributed by atoms with E-state index >= 15 is 0 Å². The van der Waals surface area contributed by atoms with Crippen LogP contribution in [0.25, 0.3) is 0 Å². The van der Waals surface area contributed by atoms with Crippen molar-refractivity contribution in [2.75, 3.05) is 24.5 Å². The first kappa shape index (κ1) is 16.0. The van der Waals surface area contributed by atoms with E-state index in [-0.39, 0.29) is 11.9 Å². The first-order valence-corrected chi connectivity index (χ1v) is 7.66. The zero-order valence-electron chi connectivity index (χ0n) is 13.5. The average molecular weight is 290 g/mol. The van der Waals surface area contributed by atoms with Crippen molar-refractivity contribution in [1.29, 1.82) is 0 Å². The van der Waals surface area contributed by atoms with Gasteiger partial charge in [0, 0.05) is 18.8 Å². The lowest BCUT2D eigenvalue weighted by atomic mass is 10.1. The summed E-state index contributed by atoms with van der Waals surface area (Å²) in [7, 11) is 0. The minimum atomic E-state index is -0.784. The van der Waals surface area contributed by atoms with E-state index in [1.807, 2.05) is 43.0 Å². The number of aryl methyl sites for hydroxylation is 1. The van der Waals surface area contributed by atoms with Crippen LogP contribution < -0.4 is 4.90 Å². The topological polar surface area (TPSA) is 43.8 Å². The van der Waals surface area contributed by atoms with E-state index in [1.165, 1.54) is 5.56 Å². The summed E-state index contributed by atoms with van der Waals surface area (Å²) in [6.07, 6.45) is 0.816. The zero-order valence-corrected chi connectivity index (χ0v) is 13.5. The maximum absolute atomic E-state index is 12.7. The summed E-state index contributed by atoms with van der Waals surface area (Å²) in [6, 6.07) is 7.95. The Morgan fingerprint density at radius 3 is 2.48 bits per heavy atom. The van der Waals surface area contributed by atoms with Crippen molar-refractivity contribution in [2.24, 2.45) is 0 Å². The highest BCUT2D eigenvalue weighted by atomic mass is 16.3. The van der Waals surface area contributed by atoms with Gasteiger partial charge in [-0.3, -0.25) is 9.69 Å². The van der Waals surface area contributed by atoms with Crippen molar-refractivity contribution in [3.05, 3.63) is 29.8 Å². The molecule has 1 aliphatic rings. The van der Waals surface area contributed by atoms with E-state index in [4.69, 9.17) is 0 Å². The summed E-state index contributed by atoms with van der Waals surface area (Å²) in [5.74, 6) is 0.143. The van der Waals surface area contributed by atoms with Crippen LogP contribution in [0.1, 0.15) is 32.8 Å². The van der Waals surface area contributed by atoms with Gasteiger partial charge < -0.3 is 10.0 Å². The third kappa shape index (κ3) is 3.83. The molecule has 1 aromatic rings. The van der Waals surface area contributed by atoms with Crippen molar-refractivity contribution in [3.8, 4) is 0 Å². The van der Waals surface area contributed by atoms with E-state index < -0.39 is 5.60 Å². The van der Waals surface area contributed by atoms with Crippen LogP contribution in [0.5, 0.6) is 0 Å². The van der Waals surface area contributed by atoms with Crippen LogP contribution in [0.2, 0.25) is 0 Å². The summed E-state index contributed by atoms with van der Waals surface area (Å²) < 4.78 is 0. The first-order valence-electron chi connectivity index (χ1n) is 7.66. The predicted molar refractivity (Wildman–Crippen MR) is 85.5 cm³/mol. The Kier molecular flexibility index (Phi) is 4.69. The fourth-order valence-corrected chi connectivity index (χ4v) is 2.92. The van der Waals surface area contributed by atoms with E-state index in [0.717, 1.165) is 25.2 Å². The third-order valence-corrected chi connectivity index (χ3v) is 3.96. The van der Waals surface area contributed by atoms with E-state index in [2.05, 4.69) is 4.90 Å². The first-order chi connectivity index (χ1) is 9.81. The average Bonchev–Trinajstić information content (AvgIpc) is 2.78. The molecule has 1 amide bonds. The molecule has 0 spiro atoms. The van der Waals surface area contributed by atoms with Gasteiger partial charge in [0.15, 0.2) is 0 Å². The molecule has 2 rings (SSSR count). The molecule has 0 aliphatic carbocycles. The van der Waals surface area contributed by atoms with Crippen LogP contribution in [-0.2, 0) is 4.79 Å². The molecule has 1 N–H and O–H groups in total. The van der Waals surface area contributed by atoms with Crippen molar-refractivity contribution >= 4 is 11.6 Å². The molecule has 0 bridgehead atoms. The lowest BCUT2D eigenvalue weighted by Crippen LogP contribution is -2.47. The molecule has 116 valence electrons. The van der Waals surface area contributed by atoms with Gasteiger partial charge in [-0.2, -0.15) is 0 Å². The van der Waals surface area contributed by atoms with E-state index in [9.17, 15) is 9.90 Å². The number of anilines is 1. The second-order valence-electron chi connectivity index (χ2n) is 6.51. The number of likely N-dealkylation sites (N-methyl/N-ethyl adjacent to an activating group) is 1. The lowest BCUT2D eigenvalue weighted by Gasteiger charge is -2.31. The van der Waals surface area contributed by atoms with E-state index in [0.29, 0.717) is 6.54 Å². The van der Waals surface area contributed by atoms with Crippen molar-refractivity contribution in [2.45, 2.75) is 45.8 Å². The van der Waals surface area contributed by atoms with Crippen LogP contribution >= 0.6 is 0 Å². The zero-order chi connectivity index (χ0) is 15.6. The standard InChI is InChI=1S/C17H26N2O2/c1-5-18(12-17(3,4)21)15-10-11-19(16(15)20)14-8-6-13(2)7-9-14/h6-9,15,21H,5,10-12H2,1-4H3. The number of benzene rings is 1. The number of nitrogens with zero attached hydrogens (tertiary/aromatic N) is 2. The van der Waals surface area contributed by atoms with Crippen LogP contribution in [0.15, 0.2) is 24.3 Å². The normalized spacial score (nSPS) is 19.6. The second kappa shape index (κ2) is 6.16. The van der Waals surface area contributed by atoms with Crippen LogP contribution in [0.4, 0.5) is 5.69 Å². The molecule has 1 fully saturated rings. The Morgan fingerprint density at radius 1 is 1.33 bits per heavy atom. The Labute approximate surface area is 127 Å². The van der Waals surface area contributed by atoms with Crippen LogP contribution in [0.3, 0.4) is 0 Å². The summed E-state index contributed by atoms with van der Waals surface area (Å²) in [5.41, 5.74) is 1.37. The van der Waals surface area contributed by atoms with Crippen molar-refractivity contribution in [3.63, 3.8) is 0 Å². The number of carbonyl (C=O) groups excluding carboxylic acids is 1. The van der Waals surface area contributed by atoms with Crippen molar-refractivity contribution < 1.29 is 9.90 Å². The Hall–Kier alpha value is -1.39. The minimum Gasteiger partial charge on any atom is -0.389 e. The molecule has 1 heterocycles. The molecule has 1 saturated heterocycles. The fourth-order valence-electron chi connectivity index (χ4n) is 2.92. The third-order valence-electron chi connectivity index (χ3n) is 3.96. The van der Waals surface area contributed by atoms with Gasteiger partial charge in [-0.25, -0.2) is 0 Å². The highest BCUT2D eigenvalue weighted by molar-refractivity contribution is 5.99. The number of hydrogen-bond donors (Lipinski definition) is 1. The molecule has 1 unspecified atom stereocenters. The second-order valence-corrected chi connectivity index (χ2v) is 6.51. The van der Waals surface area contributed by atoms with Crippen LogP contribution in [-0.4, -0.2) is 47.2 Å². The quantitative estimate of drug-likeness (QED) is 0.904. The highest BCUT2D eigenvalue weighted by Gasteiger charge is 2.37. The summed E-state index contributed by atoms with van der Waals surface area (Å²) in [6.45, 7) is 9.67. The number of carbonyl (C=O) groups is 1. The van der Waals surface area contributed by atoms with Gasteiger partial charge in [0.1, 0.15) is 0 Å². The molecule has 21 heavy (non-hydrogen) atoms. The molecular formula is C17H26N2O2. The Morgan fingerprint density at radius 2 is 1.95 bits per heavy atom. The summed E-state index contributed by atoms with van der Waals surface area (Å²) >= 11 is 0. The maximum atomic E-state index is 12.7. The number of hydrogen-bond acceptors (Lipinski definition) is 3. The monoisotopic (exact) mass is 290 g/mol. The highest BCUT2D eigenvalue weighted by Crippen LogP contribution is 2.25. The molecule has 4 nitrogen and oxygen atoms in total. The smallest absolute Gasteiger partial charge is 0.244 e. The van der Waals surface area contributed by atoms with Gasteiger partial charge in [-0.05, 0) is 45.9 Å². The molecule has 1 aliphatic heterocycles. The number of rotatable bonds is 5. The lowest BCUT2D eigenvalue weighted by molar-refractivity contribution is -0.122.